The second-order valence-corrected chi connectivity index (χ2v) is 6.55. The summed E-state index contributed by atoms with van der Waals surface area (Å²) in [6.45, 7) is 0. The third-order valence-electron chi connectivity index (χ3n) is 3.64. The summed E-state index contributed by atoms with van der Waals surface area (Å²) in [5, 5.41) is 12.9. The largest absolute Gasteiger partial charge is 0.305 e. The van der Waals surface area contributed by atoms with E-state index in [2.05, 4.69) is 20.7 Å². The van der Waals surface area contributed by atoms with E-state index in [0.717, 1.165) is 17.0 Å². The average molecular weight is 377 g/mol. The van der Waals surface area contributed by atoms with Crippen molar-refractivity contribution >= 4 is 30.0 Å². The minimum atomic E-state index is -0.200. The van der Waals surface area contributed by atoms with E-state index in [0.29, 0.717) is 5.16 Å². The number of nitrogens with zero attached hydrogens (tertiary/aromatic N) is 4. The number of thioether (sulfide) groups is 1. The molecule has 0 atom stereocenters. The molecule has 0 saturated carbocycles. The summed E-state index contributed by atoms with van der Waals surface area (Å²) >= 11 is 1.32. The van der Waals surface area contributed by atoms with Gasteiger partial charge in [0.25, 0.3) is 5.91 Å². The van der Waals surface area contributed by atoms with Crippen molar-refractivity contribution < 1.29 is 4.79 Å². The number of allylic oxidation sites excluding steroid dienone is 1. The van der Waals surface area contributed by atoms with Crippen LogP contribution in [0.1, 0.15) is 5.56 Å². The lowest BCUT2D eigenvalue weighted by Crippen LogP contribution is -2.19. The highest BCUT2D eigenvalue weighted by Gasteiger charge is 2.12. The van der Waals surface area contributed by atoms with Gasteiger partial charge in [0.1, 0.15) is 0 Å². The van der Waals surface area contributed by atoms with Crippen LogP contribution in [0.5, 0.6) is 0 Å². The zero-order chi connectivity index (χ0) is 18.9. The number of benzene rings is 2. The van der Waals surface area contributed by atoms with E-state index in [1.54, 1.807) is 12.3 Å². The molecule has 6 nitrogen and oxygen atoms in total. The molecule has 0 bridgehead atoms. The van der Waals surface area contributed by atoms with Crippen molar-refractivity contribution in [2.24, 2.45) is 12.1 Å². The van der Waals surface area contributed by atoms with Gasteiger partial charge in [-0.15, -0.1) is 10.2 Å². The molecule has 0 unspecified atom stereocenters. The Morgan fingerprint density at radius 1 is 1.11 bits per heavy atom. The van der Waals surface area contributed by atoms with E-state index in [9.17, 15) is 4.79 Å². The van der Waals surface area contributed by atoms with Gasteiger partial charge < -0.3 is 4.57 Å². The fourth-order valence-corrected chi connectivity index (χ4v) is 3.02. The first-order chi connectivity index (χ1) is 13.2. The maximum atomic E-state index is 11.9. The lowest BCUT2D eigenvalue weighted by molar-refractivity contribution is -0.118. The van der Waals surface area contributed by atoms with Crippen LogP contribution in [0.15, 0.2) is 77.0 Å². The summed E-state index contributed by atoms with van der Waals surface area (Å²) in [4.78, 5) is 11.9. The summed E-state index contributed by atoms with van der Waals surface area (Å²) in [6, 6.07) is 19.7. The van der Waals surface area contributed by atoms with Gasteiger partial charge in [0.2, 0.25) is 0 Å². The number of hydrogen-bond donors (Lipinski definition) is 1. The molecule has 0 saturated heterocycles. The standard InChI is InChI=1S/C20H19N5OS/c1-25-19(17-12-6-3-7-13-17)23-24-20(25)27-15-18(26)22-21-14-8-11-16-9-4-2-5-10-16/h2-14H,15H2,1H3,(H,22,26)/b11-8+,21-14-. The molecule has 1 heterocycles. The van der Waals surface area contributed by atoms with Gasteiger partial charge in [-0.25, -0.2) is 5.43 Å². The molecule has 2 aromatic carbocycles. The normalized spacial score (nSPS) is 11.3. The van der Waals surface area contributed by atoms with Crippen LogP contribution in [-0.2, 0) is 11.8 Å². The van der Waals surface area contributed by atoms with Crippen LogP contribution in [0.3, 0.4) is 0 Å². The zero-order valence-corrected chi connectivity index (χ0v) is 15.6. The third kappa shape index (κ3) is 5.39. The molecular weight excluding hydrogens is 358 g/mol. The average Bonchev–Trinajstić information content (AvgIpc) is 3.08. The smallest absolute Gasteiger partial charge is 0.250 e. The van der Waals surface area contributed by atoms with Crippen LogP contribution >= 0.6 is 11.8 Å². The predicted molar refractivity (Wildman–Crippen MR) is 109 cm³/mol. The van der Waals surface area contributed by atoms with Crippen LogP contribution in [0.25, 0.3) is 17.5 Å². The molecule has 0 aliphatic heterocycles. The van der Waals surface area contributed by atoms with Crippen molar-refractivity contribution in [1.29, 1.82) is 0 Å². The molecule has 0 aliphatic rings. The van der Waals surface area contributed by atoms with E-state index in [-0.39, 0.29) is 11.7 Å². The molecule has 1 amide bonds. The van der Waals surface area contributed by atoms with E-state index in [4.69, 9.17) is 0 Å². The molecule has 7 heteroatoms. The monoisotopic (exact) mass is 377 g/mol. The number of aromatic nitrogens is 3. The molecule has 3 aromatic rings. The molecule has 0 radical (unpaired) electrons. The Labute approximate surface area is 162 Å². The van der Waals surface area contributed by atoms with Gasteiger partial charge in [-0.1, -0.05) is 78.5 Å². The van der Waals surface area contributed by atoms with Crippen molar-refractivity contribution in [3.05, 3.63) is 72.3 Å². The third-order valence-corrected chi connectivity index (χ3v) is 4.66. The Kier molecular flexibility index (Phi) is 6.54. The number of hydrogen-bond acceptors (Lipinski definition) is 5. The number of rotatable bonds is 7. The molecular formula is C20H19N5OS. The summed E-state index contributed by atoms with van der Waals surface area (Å²) in [5.41, 5.74) is 4.55. The summed E-state index contributed by atoms with van der Waals surface area (Å²) in [7, 11) is 1.88. The highest BCUT2D eigenvalue weighted by Crippen LogP contribution is 2.22. The molecule has 1 aromatic heterocycles. The van der Waals surface area contributed by atoms with Crippen molar-refractivity contribution in [1.82, 2.24) is 20.2 Å². The molecule has 0 aliphatic carbocycles. The van der Waals surface area contributed by atoms with E-state index >= 15 is 0 Å². The second kappa shape index (κ2) is 9.49. The quantitative estimate of drug-likeness (QED) is 0.389. The zero-order valence-electron chi connectivity index (χ0n) is 14.8. The Bertz CT molecular complexity index is 936. The van der Waals surface area contributed by atoms with Gasteiger partial charge in [-0.2, -0.15) is 5.10 Å². The first-order valence-electron chi connectivity index (χ1n) is 8.35. The van der Waals surface area contributed by atoms with Crippen molar-refractivity contribution in [3.8, 4) is 11.4 Å². The molecule has 3 rings (SSSR count). The Morgan fingerprint density at radius 2 is 1.81 bits per heavy atom. The Morgan fingerprint density at radius 3 is 2.56 bits per heavy atom. The Hall–Kier alpha value is -3.19. The summed E-state index contributed by atoms with van der Waals surface area (Å²) in [6.07, 6.45) is 5.23. The summed E-state index contributed by atoms with van der Waals surface area (Å²) < 4.78 is 1.87. The van der Waals surface area contributed by atoms with Gasteiger partial charge in [0.05, 0.1) is 5.75 Å². The van der Waals surface area contributed by atoms with Gasteiger partial charge in [-0.05, 0) is 11.6 Å². The fourth-order valence-electron chi connectivity index (χ4n) is 2.31. The second-order valence-electron chi connectivity index (χ2n) is 5.60. The number of nitrogens with one attached hydrogen (secondary N) is 1. The lowest BCUT2D eigenvalue weighted by Gasteiger charge is -2.03. The van der Waals surface area contributed by atoms with Gasteiger partial charge in [0, 0.05) is 18.8 Å². The van der Waals surface area contributed by atoms with Crippen LogP contribution in [0.2, 0.25) is 0 Å². The first-order valence-corrected chi connectivity index (χ1v) is 9.34. The van der Waals surface area contributed by atoms with Crippen molar-refractivity contribution in [3.63, 3.8) is 0 Å². The van der Waals surface area contributed by atoms with Gasteiger partial charge in [0.15, 0.2) is 11.0 Å². The van der Waals surface area contributed by atoms with Crippen molar-refractivity contribution in [2.45, 2.75) is 5.16 Å². The lowest BCUT2D eigenvalue weighted by atomic mass is 10.2. The van der Waals surface area contributed by atoms with E-state index < -0.39 is 0 Å². The molecule has 27 heavy (non-hydrogen) atoms. The van der Waals surface area contributed by atoms with Gasteiger partial charge in [-0.3, -0.25) is 4.79 Å². The van der Waals surface area contributed by atoms with E-state index in [1.807, 2.05) is 78.4 Å². The van der Waals surface area contributed by atoms with E-state index in [1.165, 1.54) is 11.8 Å². The highest BCUT2D eigenvalue weighted by molar-refractivity contribution is 7.99. The minimum absolute atomic E-state index is 0.200. The van der Waals surface area contributed by atoms with Crippen LogP contribution < -0.4 is 5.43 Å². The van der Waals surface area contributed by atoms with Crippen molar-refractivity contribution in [2.75, 3.05) is 5.75 Å². The maximum absolute atomic E-state index is 11.9. The number of carbonyl (C=O) groups is 1. The van der Waals surface area contributed by atoms with Crippen LogP contribution in [0, 0.1) is 0 Å². The topological polar surface area (TPSA) is 72.2 Å². The molecule has 136 valence electrons. The Balaban J connectivity index is 1.48. The van der Waals surface area contributed by atoms with Crippen LogP contribution in [0.4, 0.5) is 0 Å². The number of carbonyl (C=O) groups excluding carboxylic acids is 1. The molecule has 0 fully saturated rings. The number of hydrazone groups is 1. The van der Waals surface area contributed by atoms with Gasteiger partial charge >= 0.3 is 0 Å². The predicted octanol–water partition coefficient (Wildman–Crippen LogP) is 3.39. The van der Waals surface area contributed by atoms with Crippen LogP contribution in [-0.4, -0.2) is 32.6 Å². The fraction of sp³-hybridized carbons (Fsp3) is 0.100. The maximum Gasteiger partial charge on any atom is 0.250 e. The molecule has 0 spiro atoms. The first kappa shape index (κ1) is 18.6. The minimum Gasteiger partial charge on any atom is -0.305 e. The highest BCUT2D eigenvalue weighted by atomic mass is 32.2. The summed E-state index contributed by atoms with van der Waals surface area (Å²) in [5.74, 6) is 0.775. The molecule has 1 N–H and O–H groups in total. The number of amides is 1. The SMILES string of the molecule is Cn1c(SCC(=O)N/N=C\C=C\c2ccccc2)nnc1-c1ccccc1.